The Bertz CT molecular complexity index is 447. The van der Waals surface area contributed by atoms with Crippen molar-refractivity contribution in [1.29, 1.82) is 0 Å². The Balaban J connectivity index is 0.00000225. The number of aliphatic imine (C=N–C) groups is 1. The fourth-order valence-electron chi connectivity index (χ4n) is 4.31. The summed E-state index contributed by atoms with van der Waals surface area (Å²) in [5, 5.41) is 6.71. The fourth-order valence-corrected chi connectivity index (χ4v) is 4.31. The number of amides is 1. The number of nitrogens with zero attached hydrogens (tertiary/aromatic N) is 3. The molecule has 0 aromatic rings. The Kier molecular flexibility index (Phi) is 8.75. The Labute approximate surface area is 169 Å². The molecule has 1 saturated carbocycles. The molecule has 7 heteroatoms. The molecular weight excluding hydrogens is 429 g/mol. The van der Waals surface area contributed by atoms with Gasteiger partial charge in [-0.05, 0) is 38.5 Å². The summed E-state index contributed by atoms with van der Waals surface area (Å²) < 4.78 is 0. The Hall–Kier alpha value is -0.570. The number of carbonyl (C=O) groups excluding carboxylic acids is 1. The van der Waals surface area contributed by atoms with Crippen molar-refractivity contribution >= 4 is 35.8 Å². The van der Waals surface area contributed by atoms with Crippen molar-refractivity contribution in [3.8, 4) is 0 Å². The molecular formula is C18H34IN5O. The molecule has 1 atom stereocenters. The molecule has 0 aromatic heterocycles. The van der Waals surface area contributed by atoms with Crippen LogP contribution in [0.25, 0.3) is 0 Å². The predicted octanol–water partition coefficient (Wildman–Crippen LogP) is 1.80. The normalized spacial score (nSPS) is 25.7. The zero-order valence-electron chi connectivity index (χ0n) is 15.5. The van der Waals surface area contributed by atoms with Crippen LogP contribution < -0.4 is 10.6 Å². The highest BCUT2D eigenvalue weighted by Gasteiger charge is 2.30. The average Bonchev–Trinajstić information content (AvgIpc) is 3.30. The van der Waals surface area contributed by atoms with Crippen LogP contribution in [0.2, 0.25) is 0 Å². The predicted molar refractivity (Wildman–Crippen MR) is 113 cm³/mol. The minimum atomic E-state index is 0. The molecule has 25 heavy (non-hydrogen) atoms. The second kappa shape index (κ2) is 10.5. The van der Waals surface area contributed by atoms with Crippen molar-refractivity contribution in [3.05, 3.63) is 0 Å². The van der Waals surface area contributed by atoms with Gasteiger partial charge < -0.3 is 15.5 Å². The molecule has 144 valence electrons. The Morgan fingerprint density at radius 3 is 2.44 bits per heavy atom. The summed E-state index contributed by atoms with van der Waals surface area (Å²) in [6.07, 6.45) is 10.2. The van der Waals surface area contributed by atoms with Crippen LogP contribution in [0.15, 0.2) is 4.99 Å². The maximum Gasteiger partial charge on any atom is 0.241 e. The molecule has 1 amide bonds. The Morgan fingerprint density at radius 1 is 1.04 bits per heavy atom. The molecule has 0 bridgehead atoms. The van der Waals surface area contributed by atoms with Gasteiger partial charge in [0.2, 0.25) is 5.91 Å². The lowest BCUT2D eigenvalue weighted by Gasteiger charge is -2.27. The molecule has 2 saturated heterocycles. The molecule has 0 radical (unpaired) electrons. The summed E-state index contributed by atoms with van der Waals surface area (Å²) >= 11 is 0. The maximum atomic E-state index is 12.3. The van der Waals surface area contributed by atoms with Gasteiger partial charge in [-0.25, -0.2) is 0 Å². The van der Waals surface area contributed by atoms with Crippen molar-refractivity contribution in [2.45, 2.75) is 63.5 Å². The third-order valence-electron chi connectivity index (χ3n) is 5.74. The van der Waals surface area contributed by atoms with E-state index in [1.807, 2.05) is 4.90 Å². The van der Waals surface area contributed by atoms with Crippen molar-refractivity contribution in [3.63, 3.8) is 0 Å². The van der Waals surface area contributed by atoms with Gasteiger partial charge in [0.25, 0.3) is 0 Å². The highest BCUT2D eigenvalue weighted by atomic mass is 127. The van der Waals surface area contributed by atoms with Gasteiger partial charge >= 0.3 is 0 Å². The third-order valence-corrected chi connectivity index (χ3v) is 5.74. The number of halogens is 1. The second-order valence-electron chi connectivity index (χ2n) is 7.43. The van der Waals surface area contributed by atoms with E-state index in [4.69, 9.17) is 0 Å². The smallest absolute Gasteiger partial charge is 0.241 e. The van der Waals surface area contributed by atoms with Gasteiger partial charge in [0.05, 0.1) is 6.54 Å². The first-order chi connectivity index (χ1) is 11.8. The van der Waals surface area contributed by atoms with E-state index in [9.17, 15) is 4.79 Å². The molecule has 0 spiro atoms. The second-order valence-corrected chi connectivity index (χ2v) is 7.43. The van der Waals surface area contributed by atoms with Crippen molar-refractivity contribution in [2.75, 3.05) is 39.8 Å². The maximum absolute atomic E-state index is 12.3. The largest absolute Gasteiger partial charge is 0.352 e. The number of piperidine rings is 1. The van der Waals surface area contributed by atoms with Crippen LogP contribution in [0.3, 0.4) is 0 Å². The topological polar surface area (TPSA) is 60.0 Å². The molecule has 2 N–H and O–H groups in total. The van der Waals surface area contributed by atoms with Gasteiger partial charge in [-0.2, -0.15) is 0 Å². The number of likely N-dealkylation sites (tertiary alicyclic amines) is 2. The first kappa shape index (κ1) is 20.7. The number of hydrogen-bond donors (Lipinski definition) is 2. The van der Waals surface area contributed by atoms with Crippen LogP contribution in [0.1, 0.15) is 51.4 Å². The number of nitrogens with one attached hydrogen (secondary N) is 2. The Morgan fingerprint density at radius 2 is 1.76 bits per heavy atom. The average molecular weight is 463 g/mol. The summed E-state index contributed by atoms with van der Waals surface area (Å²) in [7, 11) is 1.78. The van der Waals surface area contributed by atoms with Gasteiger partial charge in [-0.3, -0.25) is 14.7 Å². The van der Waals surface area contributed by atoms with E-state index in [0.717, 1.165) is 50.9 Å². The monoisotopic (exact) mass is 463 g/mol. The van der Waals surface area contributed by atoms with Crippen LogP contribution >= 0.6 is 24.0 Å². The van der Waals surface area contributed by atoms with E-state index < -0.39 is 0 Å². The van der Waals surface area contributed by atoms with Crippen LogP contribution in [-0.4, -0.2) is 73.5 Å². The molecule has 1 aliphatic carbocycles. The molecule has 2 heterocycles. The van der Waals surface area contributed by atoms with Crippen LogP contribution in [0.5, 0.6) is 0 Å². The SMILES string of the molecule is CN=C(NCC(=O)N1CCCCC1)NC1CCN(C2CCCC2)C1.I. The van der Waals surface area contributed by atoms with Crippen molar-refractivity contribution in [2.24, 2.45) is 4.99 Å². The van der Waals surface area contributed by atoms with Gasteiger partial charge in [-0.1, -0.05) is 12.8 Å². The van der Waals surface area contributed by atoms with E-state index in [0.29, 0.717) is 12.6 Å². The van der Waals surface area contributed by atoms with E-state index in [-0.39, 0.29) is 29.9 Å². The molecule has 3 aliphatic rings. The molecule has 3 fully saturated rings. The van der Waals surface area contributed by atoms with E-state index in [1.54, 1.807) is 7.05 Å². The zero-order valence-corrected chi connectivity index (χ0v) is 17.8. The minimum Gasteiger partial charge on any atom is -0.352 e. The summed E-state index contributed by atoms with van der Waals surface area (Å²) in [5.41, 5.74) is 0. The van der Waals surface area contributed by atoms with E-state index in [1.165, 1.54) is 38.6 Å². The lowest BCUT2D eigenvalue weighted by atomic mass is 10.1. The lowest BCUT2D eigenvalue weighted by molar-refractivity contribution is -0.130. The van der Waals surface area contributed by atoms with Crippen LogP contribution in [-0.2, 0) is 4.79 Å². The number of rotatable bonds is 4. The highest BCUT2D eigenvalue weighted by Crippen LogP contribution is 2.26. The summed E-state index contributed by atoms with van der Waals surface area (Å²) in [4.78, 5) is 21.2. The summed E-state index contributed by atoms with van der Waals surface area (Å²) in [6.45, 7) is 4.45. The number of hydrogen-bond acceptors (Lipinski definition) is 3. The lowest BCUT2D eigenvalue weighted by Crippen LogP contribution is -2.49. The van der Waals surface area contributed by atoms with E-state index in [2.05, 4.69) is 20.5 Å². The minimum absolute atomic E-state index is 0. The van der Waals surface area contributed by atoms with Crippen LogP contribution in [0, 0.1) is 0 Å². The van der Waals surface area contributed by atoms with Gasteiger partial charge in [0, 0.05) is 45.3 Å². The number of carbonyl (C=O) groups is 1. The van der Waals surface area contributed by atoms with Crippen molar-refractivity contribution in [1.82, 2.24) is 20.4 Å². The standard InChI is InChI=1S/C18H33N5O.HI/c1-19-18(20-13-17(24)22-10-5-2-6-11-22)21-15-9-12-23(14-15)16-7-3-4-8-16;/h15-16H,2-14H2,1H3,(H2,19,20,21);1H. The molecule has 1 unspecified atom stereocenters. The van der Waals surface area contributed by atoms with Crippen molar-refractivity contribution < 1.29 is 4.79 Å². The molecule has 0 aromatic carbocycles. The third kappa shape index (κ3) is 5.98. The quantitative estimate of drug-likeness (QED) is 0.379. The summed E-state index contributed by atoms with van der Waals surface area (Å²) in [5.74, 6) is 0.954. The molecule has 2 aliphatic heterocycles. The van der Waals surface area contributed by atoms with Gasteiger partial charge in [-0.15, -0.1) is 24.0 Å². The number of guanidine groups is 1. The van der Waals surface area contributed by atoms with Gasteiger partial charge in [0.15, 0.2) is 5.96 Å². The van der Waals surface area contributed by atoms with Crippen LogP contribution in [0.4, 0.5) is 0 Å². The first-order valence-electron chi connectivity index (χ1n) is 9.75. The van der Waals surface area contributed by atoms with Gasteiger partial charge in [0.1, 0.15) is 0 Å². The molecule has 3 rings (SSSR count). The first-order valence-corrected chi connectivity index (χ1v) is 9.75. The fraction of sp³-hybridized carbons (Fsp3) is 0.889. The highest BCUT2D eigenvalue weighted by molar-refractivity contribution is 14.0. The zero-order chi connectivity index (χ0) is 16.8. The molecule has 6 nitrogen and oxygen atoms in total. The van der Waals surface area contributed by atoms with E-state index >= 15 is 0 Å². The summed E-state index contributed by atoms with van der Waals surface area (Å²) in [6, 6.07) is 1.24.